The van der Waals surface area contributed by atoms with Crippen LogP contribution in [0.15, 0.2) is 12.4 Å². The third kappa shape index (κ3) is 3.08. The molecule has 0 radical (unpaired) electrons. The largest absolute Gasteiger partial charge is 0.394 e. The summed E-state index contributed by atoms with van der Waals surface area (Å²) >= 11 is 0. The van der Waals surface area contributed by atoms with Crippen molar-refractivity contribution in [3.8, 4) is 0 Å². The minimum absolute atomic E-state index is 0.126. The number of hydrogen-bond acceptors (Lipinski definition) is 7. The zero-order valence-electron chi connectivity index (χ0n) is 9.33. The molecule has 8 heteroatoms. The summed E-state index contributed by atoms with van der Waals surface area (Å²) in [6, 6.07) is 0. The van der Waals surface area contributed by atoms with Crippen molar-refractivity contribution in [1.82, 2.24) is 9.97 Å². The summed E-state index contributed by atoms with van der Waals surface area (Å²) in [6.45, 7) is 1.20. The lowest BCUT2D eigenvalue weighted by Gasteiger charge is -2.29. The van der Waals surface area contributed by atoms with Crippen molar-refractivity contribution in [2.45, 2.75) is 18.9 Å². The van der Waals surface area contributed by atoms with Crippen molar-refractivity contribution >= 4 is 11.6 Å². The average Bonchev–Trinajstić information content (AvgIpc) is 2.37. The van der Waals surface area contributed by atoms with Crippen LogP contribution in [0.4, 0.5) is 11.6 Å². The molecule has 0 spiro atoms. The summed E-state index contributed by atoms with van der Waals surface area (Å²) in [6.07, 6.45) is 2.58. The zero-order chi connectivity index (χ0) is 12.9. The second-order valence-electron chi connectivity index (χ2n) is 3.60. The molecular formula is C9H14N4O4. The van der Waals surface area contributed by atoms with Gasteiger partial charge in [0.2, 0.25) is 5.95 Å². The molecule has 1 heterocycles. The Balaban J connectivity index is 2.84. The number of aromatic nitrogens is 2. The predicted molar refractivity (Wildman–Crippen MR) is 59.5 cm³/mol. The Labute approximate surface area is 97.5 Å². The van der Waals surface area contributed by atoms with E-state index >= 15 is 0 Å². The van der Waals surface area contributed by atoms with Gasteiger partial charge < -0.3 is 15.5 Å². The van der Waals surface area contributed by atoms with E-state index in [1.807, 2.05) is 0 Å². The first-order valence-corrected chi connectivity index (χ1v) is 5.03. The van der Waals surface area contributed by atoms with Crippen LogP contribution >= 0.6 is 0 Å². The Morgan fingerprint density at radius 2 is 1.94 bits per heavy atom. The van der Waals surface area contributed by atoms with E-state index in [9.17, 15) is 20.3 Å². The molecule has 0 amide bonds. The van der Waals surface area contributed by atoms with Crippen LogP contribution in [0.25, 0.3) is 0 Å². The molecule has 0 atom stereocenters. The normalized spacial score (nSPS) is 11.2. The first-order valence-electron chi connectivity index (χ1n) is 5.03. The second-order valence-corrected chi connectivity index (χ2v) is 3.60. The van der Waals surface area contributed by atoms with Gasteiger partial charge in [-0.25, -0.2) is 9.97 Å². The van der Waals surface area contributed by atoms with E-state index in [0.717, 1.165) is 12.4 Å². The molecular weight excluding hydrogens is 228 g/mol. The van der Waals surface area contributed by atoms with Crippen molar-refractivity contribution in [2.24, 2.45) is 0 Å². The number of hydrogen-bond donors (Lipinski definition) is 3. The van der Waals surface area contributed by atoms with Crippen LogP contribution in [0.1, 0.15) is 13.3 Å². The molecule has 0 aromatic carbocycles. The first kappa shape index (κ1) is 13.3. The van der Waals surface area contributed by atoms with Crippen molar-refractivity contribution < 1.29 is 15.1 Å². The number of anilines is 1. The molecule has 0 aliphatic rings. The van der Waals surface area contributed by atoms with Crippen molar-refractivity contribution in [1.29, 1.82) is 0 Å². The highest BCUT2D eigenvalue weighted by molar-refractivity contribution is 5.33. The van der Waals surface area contributed by atoms with E-state index in [0.29, 0.717) is 6.42 Å². The van der Waals surface area contributed by atoms with Gasteiger partial charge in [-0.05, 0) is 6.42 Å². The predicted octanol–water partition coefficient (Wildman–Crippen LogP) is -0.0699. The van der Waals surface area contributed by atoms with Crippen molar-refractivity contribution in [2.75, 3.05) is 18.5 Å². The number of nitrogens with zero attached hydrogens (tertiary/aromatic N) is 3. The number of aliphatic hydroxyl groups is 2. The maximum atomic E-state index is 10.4. The van der Waals surface area contributed by atoms with Crippen LogP contribution in [0.5, 0.6) is 0 Å². The fraction of sp³-hybridized carbons (Fsp3) is 0.556. The number of nitro groups is 1. The summed E-state index contributed by atoms with van der Waals surface area (Å²) in [4.78, 5) is 17.3. The first-order chi connectivity index (χ1) is 8.06. The minimum Gasteiger partial charge on any atom is -0.394 e. The summed E-state index contributed by atoms with van der Waals surface area (Å²) in [5, 5.41) is 31.5. The highest BCUT2D eigenvalue weighted by atomic mass is 16.6. The van der Waals surface area contributed by atoms with E-state index in [1.165, 1.54) is 0 Å². The fourth-order valence-electron chi connectivity index (χ4n) is 1.16. The second kappa shape index (κ2) is 5.51. The van der Waals surface area contributed by atoms with Gasteiger partial charge in [0.1, 0.15) is 12.4 Å². The van der Waals surface area contributed by atoms with Crippen LogP contribution in [0.3, 0.4) is 0 Å². The average molecular weight is 242 g/mol. The molecule has 0 fully saturated rings. The monoisotopic (exact) mass is 242 g/mol. The molecule has 1 aromatic heterocycles. The molecule has 94 valence electrons. The minimum atomic E-state index is -0.921. The standard InChI is InChI=1S/C9H14N4O4/c1-2-9(5-14,6-15)12-8-10-3-7(4-11-8)13(16)17/h3-4,14-15H,2,5-6H2,1H3,(H,10,11,12). The Morgan fingerprint density at radius 3 is 2.29 bits per heavy atom. The third-order valence-corrected chi connectivity index (χ3v) is 2.51. The van der Waals surface area contributed by atoms with Crippen LogP contribution in [-0.2, 0) is 0 Å². The van der Waals surface area contributed by atoms with Gasteiger partial charge >= 0.3 is 5.69 Å². The van der Waals surface area contributed by atoms with Gasteiger partial charge in [0.25, 0.3) is 0 Å². The van der Waals surface area contributed by atoms with Gasteiger partial charge in [0, 0.05) is 0 Å². The van der Waals surface area contributed by atoms with E-state index in [-0.39, 0.29) is 24.8 Å². The van der Waals surface area contributed by atoms with Crippen molar-refractivity contribution in [3.63, 3.8) is 0 Å². The van der Waals surface area contributed by atoms with Gasteiger partial charge in [-0.15, -0.1) is 0 Å². The number of aliphatic hydroxyl groups excluding tert-OH is 2. The van der Waals surface area contributed by atoms with E-state index in [4.69, 9.17) is 0 Å². The lowest BCUT2D eigenvalue weighted by atomic mass is 9.99. The SMILES string of the molecule is CCC(CO)(CO)Nc1ncc([N+](=O)[O-])cn1. The Hall–Kier alpha value is -1.80. The maximum Gasteiger partial charge on any atom is 0.305 e. The lowest BCUT2D eigenvalue weighted by molar-refractivity contribution is -0.385. The molecule has 0 aliphatic heterocycles. The molecule has 3 N–H and O–H groups in total. The molecule has 0 saturated carbocycles. The third-order valence-electron chi connectivity index (χ3n) is 2.51. The molecule has 17 heavy (non-hydrogen) atoms. The topological polar surface area (TPSA) is 121 Å². The van der Waals surface area contributed by atoms with E-state index in [2.05, 4.69) is 15.3 Å². The molecule has 0 unspecified atom stereocenters. The molecule has 8 nitrogen and oxygen atoms in total. The smallest absolute Gasteiger partial charge is 0.305 e. The van der Waals surface area contributed by atoms with Gasteiger partial charge in [0.15, 0.2) is 0 Å². The Kier molecular flexibility index (Phi) is 4.30. The lowest BCUT2D eigenvalue weighted by Crippen LogP contribution is -2.45. The van der Waals surface area contributed by atoms with Crippen LogP contribution in [0.2, 0.25) is 0 Å². The van der Waals surface area contributed by atoms with Crippen LogP contribution in [0, 0.1) is 10.1 Å². The summed E-state index contributed by atoms with van der Waals surface area (Å²) in [7, 11) is 0. The summed E-state index contributed by atoms with van der Waals surface area (Å²) in [5.74, 6) is 0.126. The molecule has 0 aliphatic carbocycles. The van der Waals surface area contributed by atoms with E-state index < -0.39 is 10.5 Å². The quantitative estimate of drug-likeness (QED) is 0.471. The maximum absolute atomic E-state index is 10.4. The summed E-state index contributed by atoms with van der Waals surface area (Å²) < 4.78 is 0. The Bertz CT molecular complexity index is 369. The molecule has 0 bridgehead atoms. The highest BCUT2D eigenvalue weighted by Gasteiger charge is 2.27. The van der Waals surface area contributed by atoms with Gasteiger partial charge in [0.05, 0.1) is 23.7 Å². The zero-order valence-corrected chi connectivity index (χ0v) is 9.33. The Morgan fingerprint density at radius 1 is 1.41 bits per heavy atom. The van der Waals surface area contributed by atoms with Crippen LogP contribution in [-0.4, -0.2) is 43.9 Å². The van der Waals surface area contributed by atoms with Crippen LogP contribution < -0.4 is 5.32 Å². The summed E-state index contributed by atoms with van der Waals surface area (Å²) in [5.41, 5.74) is -1.14. The van der Waals surface area contributed by atoms with E-state index in [1.54, 1.807) is 6.92 Å². The van der Waals surface area contributed by atoms with Gasteiger partial charge in [-0.1, -0.05) is 6.92 Å². The van der Waals surface area contributed by atoms with Gasteiger partial charge in [-0.2, -0.15) is 0 Å². The number of rotatable bonds is 6. The fourth-order valence-corrected chi connectivity index (χ4v) is 1.16. The van der Waals surface area contributed by atoms with Gasteiger partial charge in [-0.3, -0.25) is 10.1 Å². The number of nitrogens with one attached hydrogen (secondary N) is 1. The molecule has 1 aromatic rings. The molecule has 1 rings (SSSR count). The van der Waals surface area contributed by atoms with Crippen molar-refractivity contribution in [3.05, 3.63) is 22.5 Å². The molecule has 0 saturated heterocycles. The highest BCUT2D eigenvalue weighted by Crippen LogP contribution is 2.16.